The topological polar surface area (TPSA) is 32.8 Å². The molecule has 1 aliphatic heterocycles. The highest BCUT2D eigenvalue weighted by Crippen LogP contribution is 2.20. The van der Waals surface area contributed by atoms with Gasteiger partial charge in [0.05, 0.1) is 19.2 Å². The number of ketones is 1. The molecule has 1 saturated heterocycles. The molecule has 0 amide bonds. The summed E-state index contributed by atoms with van der Waals surface area (Å²) < 4.78 is 18.4. The van der Waals surface area contributed by atoms with Gasteiger partial charge in [0.15, 0.2) is 5.78 Å². The molecule has 5 heteroatoms. The summed E-state index contributed by atoms with van der Waals surface area (Å²) >= 11 is 0. The van der Waals surface area contributed by atoms with E-state index in [-0.39, 0.29) is 5.78 Å². The minimum atomic E-state index is -0.412. The molecule has 0 aliphatic carbocycles. The highest BCUT2D eigenvalue weighted by molar-refractivity contribution is 6.00. The first-order valence-electron chi connectivity index (χ1n) is 6.95. The maximum Gasteiger partial charge on any atom is 0.180 e. The smallest absolute Gasteiger partial charge is 0.180 e. The van der Waals surface area contributed by atoms with E-state index in [9.17, 15) is 9.18 Å². The van der Waals surface area contributed by atoms with Gasteiger partial charge in [0.1, 0.15) is 11.6 Å². The Morgan fingerprint density at radius 1 is 1.25 bits per heavy atom. The third-order valence-electron chi connectivity index (χ3n) is 3.74. The molecule has 1 heterocycles. The van der Waals surface area contributed by atoms with Crippen LogP contribution in [0.1, 0.15) is 17.3 Å². The maximum absolute atomic E-state index is 13.3. The van der Waals surface area contributed by atoms with Crippen molar-refractivity contribution in [3.8, 4) is 5.75 Å². The number of piperazine rings is 1. The average molecular weight is 280 g/mol. The molecule has 1 aromatic rings. The Labute approximate surface area is 119 Å². The molecular formula is C15H21FN2O2. The highest BCUT2D eigenvalue weighted by atomic mass is 19.1. The van der Waals surface area contributed by atoms with Crippen LogP contribution in [-0.2, 0) is 0 Å². The minimum absolute atomic E-state index is 0.0914. The van der Waals surface area contributed by atoms with Crippen molar-refractivity contribution in [3.63, 3.8) is 0 Å². The van der Waals surface area contributed by atoms with Gasteiger partial charge in [0.25, 0.3) is 0 Å². The second kappa shape index (κ2) is 6.81. The van der Waals surface area contributed by atoms with Crippen LogP contribution in [0.2, 0.25) is 0 Å². The third-order valence-corrected chi connectivity index (χ3v) is 3.74. The van der Waals surface area contributed by atoms with E-state index in [1.165, 1.54) is 25.3 Å². The van der Waals surface area contributed by atoms with Crippen LogP contribution >= 0.6 is 0 Å². The molecule has 1 aromatic carbocycles. The lowest BCUT2D eigenvalue weighted by molar-refractivity contribution is 0.0856. The molecule has 0 bridgehead atoms. The number of nitrogens with zero attached hydrogens (tertiary/aromatic N) is 2. The number of likely N-dealkylation sites (N-methyl/N-ethyl adjacent to an activating group) is 1. The molecule has 1 fully saturated rings. The van der Waals surface area contributed by atoms with Gasteiger partial charge in [-0.05, 0) is 24.7 Å². The summed E-state index contributed by atoms with van der Waals surface area (Å²) in [6.07, 6.45) is 0. The van der Waals surface area contributed by atoms with Gasteiger partial charge in [-0.15, -0.1) is 0 Å². The lowest BCUT2D eigenvalue weighted by Gasteiger charge is -2.33. The van der Waals surface area contributed by atoms with Crippen LogP contribution in [0.25, 0.3) is 0 Å². The zero-order valence-corrected chi connectivity index (χ0v) is 12.1. The minimum Gasteiger partial charge on any atom is -0.496 e. The van der Waals surface area contributed by atoms with Gasteiger partial charge in [0.2, 0.25) is 0 Å². The molecule has 0 N–H and O–H groups in total. The monoisotopic (exact) mass is 280 g/mol. The number of hydrogen-bond donors (Lipinski definition) is 0. The number of ether oxygens (including phenoxy) is 1. The average Bonchev–Trinajstić information content (AvgIpc) is 2.48. The Kier molecular flexibility index (Phi) is 5.09. The summed E-state index contributed by atoms with van der Waals surface area (Å²) in [6, 6.07) is 4.05. The third kappa shape index (κ3) is 3.55. The van der Waals surface area contributed by atoms with Gasteiger partial charge in [-0.1, -0.05) is 6.92 Å². The van der Waals surface area contributed by atoms with E-state index in [1.54, 1.807) is 0 Å². The number of carbonyl (C=O) groups is 1. The van der Waals surface area contributed by atoms with Crippen molar-refractivity contribution in [1.29, 1.82) is 0 Å². The number of methoxy groups -OCH3 is 1. The van der Waals surface area contributed by atoms with E-state index >= 15 is 0 Å². The second-order valence-corrected chi connectivity index (χ2v) is 4.98. The molecule has 0 spiro atoms. The van der Waals surface area contributed by atoms with Crippen LogP contribution in [0.3, 0.4) is 0 Å². The standard InChI is InChI=1S/C15H21FN2O2/c1-3-17-6-8-18(9-7-17)11-14(19)13-10-12(16)4-5-15(13)20-2/h4-5,10H,3,6-9,11H2,1-2H3. The number of hydrogen-bond acceptors (Lipinski definition) is 4. The molecule has 2 rings (SSSR count). The zero-order valence-electron chi connectivity index (χ0n) is 12.1. The Balaban J connectivity index is 2.00. The Bertz CT molecular complexity index is 471. The number of halogens is 1. The van der Waals surface area contributed by atoms with Crippen LogP contribution in [0.4, 0.5) is 4.39 Å². The van der Waals surface area contributed by atoms with Gasteiger partial charge in [-0.3, -0.25) is 9.69 Å². The summed E-state index contributed by atoms with van der Waals surface area (Å²) in [5.41, 5.74) is 0.324. The van der Waals surface area contributed by atoms with Crippen LogP contribution in [0.5, 0.6) is 5.75 Å². The molecule has 0 radical (unpaired) electrons. The highest BCUT2D eigenvalue weighted by Gasteiger charge is 2.20. The molecule has 4 nitrogen and oxygen atoms in total. The van der Waals surface area contributed by atoms with Crippen molar-refractivity contribution < 1.29 is 13.9 Å². The van der Waals surface area contributed by atoms with Crippen molar-refractivity contribution in [2.24, 2.45) is 0 Å². The fourth-order valence-electron chi connectivity index (χ4n) is 2.45. The predicted molar refractivity (Wildman–Crippen MR) is 75.8 cm³/mol. The van der Waals surface area contributed by atoms with E-state index in [4.69, 9.17) is 4.74 Å². The molecule has 110 valence electrons. The number of carbonyl (C=O) groups excluding carboxylic acids is 1. The van der Waals surface area contributed by atoms with Gasteiger partial charge in [0, 0.05) is 26.2 Å². The SMILES string of the molecule is CCN1CCN(CC(=O)c2cc(F)ccc2OC)CC1. The number of Topliss-reactive ketones (excluding diaryl/α,β-unsaturated/α-hetero) is 1. The van der Waals surface area contributed by atoms with Crippen molar-refractivity contribution >= 4 is 5.78 Å². The van der Waals surface area contributed by atoms with Gasteiger partial charge < -0.3 is 9.64 Å². The molecule has 0 saturated carbocycles. The first kappa shape index (κ1) is 14.9. The molecule has 0 unspecified atom stereocenters. The van der Waals surface area contributed by atoms with E-state index < -0.39 is 5.82 Å². The predicted octanol–water partition coefficient (Wildman–Crippen LogP) is 1.65. The maximum atomic E-state index is 13.3. The summed E-state index contributed by atoms with van der Waals surface area (Å²) in [5.74, 6) is -0.0696. The summed E-state index contributed by atoms with van der Waals surface area (Å²) in [5, 5.41) is 0. The number of benzene rings is 1. The van der Waals surface area contributed by atoms with Crippen LogP contribution < -0.4 is 4.74 Å². The zero-order chi connectivity index (χ0) is 14.5. The van der Waals surface area contributed by atoms with Crippen LogP contribution in [0.15, 0.2) is 18.2 Å². The quantitative estimate of drug-likeness (QED) is 0.768. The lowest BCUT2D eigenvalue weighted by Crippen LogP contribution is -2.47. The lowest BCUT2D eigenvalue weighted by atomic mass is 10.1. The Morgan fingerprint density at radius 2 is 1.90 bits per heavy atom. The fraction of sp³-hybridized carbons (Fsp3) is 0.533. The Morgan fingerprint density at radius 3 is 2.50 bits per heavy atom. The molecule has 0 atom stereocenters. The summed E-state index contributed by atoms with van der Waals surface area (Å²) in [6.45, 7) is 7.19. The molecule has 20 heavy (non-hydrogen) atoms. The van der Waals surface area contributed by atoms with E-state index in [1.807, 2.05) is 0 Å². The van der Waals surface area contributed by atoms with Crippen LogP contribution in [0, 0.1) is 5.82 Å². The van der Waals surface area contributed by atoms with E-state index in [2.05, 4.69) is 16.7 Å². The van der Waals surface area contributed by atoms with E-state index in [0.717, 1.165) is 32.7 Å². The van der Waals surface area contributed by atoms with Crippen molar-refractivity contribution in [1.82, 2.24) is 9.80 Å². The van der Waals surface area contributed by atoms with Crippen molar-refractivity contribution in [2.45, 2.75) is 6.92 Å². The van der Waals surface area contributed by atoms with Crippen molar-refractivity contribution in [2.75, 3.05) is 46.4 Å². The van der Waals surface area contributed by atoms with Gasteiger partial charge in [-0.25, -0.2) is 4.39 Å². The van der Waals surface area contributed by atoms with Gasteiger partial charge in [-0.2, -0.15) is 0 Å². The molecule has 0 aromatic heterocycles. The van der Waals surface area contributed by atoms with Crippen molar-refractivity contribution in [3.05, 3.63) is 29.6 Å². The summed E-state index contributed by atoms with van der Waals surface area (Å²) in [7, 11) is 1.49. The second-order valence-electron chi connectivity index (χ2n) is 4.98. The largest absolute Gasteiger partial charge is 0.496 e. The first-order valence-corrected chi connectivity index (χ1v) is 6.95. The Hall–Kier alpha value is -1.46. The normalized spacial score (nSPS) is 17.1. The van der Waals surface area contributed by atoms with Gasteiger partial charge >= 0.3 is 0 Å². The van der Waals surface area contributed by atoms with E-state index in [0.29, 0.717) is 17.9 Å². The first-order chi connectivity index (χ1) is 9.63. The molecule has 1 aliphatic rings. The number of rotatable bonds is 5. The molecular weight excluding hydrogens is 259 g/mol. The fourth-order valence-corrected chi connectivity index (χ4v) is 2.45. The summed E-state index contributed by atoms with van der Waals surface area (Å²) in [4.78, 5) is 16.8. The van der Waals surface area contributed by atoms with Crippen LogP contribution in [-0.4, -0.2) is 62.0 Å².